The molecule has 0 aliphatic rings. The van der Waals surface area contributed by atoms with Crippen molar-refractivity contribution in [2.24, 2.45) is 0 Å². The molecule has 0 radical (unpaired) electrons. The van der Waals surface area contributed by atoms with E-state index in [9.17, 15) is 9.18 Å². The van der Waals surface area contributed by atoms with Gasteiger partial charge in [-0.2, -0.15) is 0 Å². The minimum atomic E-state index is -0.265. The minimum absolute atomic E-state index is 0.119. The molecule has 2 heterocycles. The molecule has 0 bridgehead atoms. The Morgan fingerprint density at radius 2 is 1.53 bits per heavy atom. The SMILES string of the molecule is O=C(CSc1nnc(-c2ccccc2)c(-c2ccccc2)n1)Nc1ncc(Cc2ccc(F)cc2)s1. The molecule has 0 unspecified atom stereocenters. The number of nitrogens with one attached hydrogen (secondary N) is 1. The molecule has 0 spiro atoms. The fraction of sp³-hybridized carbons (Fsp3) is 0.0741. The summed E-state index contributed by atoms with van der Waals surface area (Å²) in [5.74, 6) is -0.356. The van der Waals surface area contributed by atoms with Crippen molar-refractivity contribution in [2.45, 2.75) is 11.6 Å². The Morgan fingerprint density at radius 1 is 0.861 bits per heavy atom. The highest BCUT2D eigenvalue weighted by Gasteiger charge is 2.15. The monoisotopic (exact) mass is 513 g/mol. The van der Waals surface area contributed by atoms with Crippen molar-refractivity contribution in [1.29, 1.82) is 0 Å². The van der Waals surface area contributed by atoms with E-state index in [-0.39, 0.29) is 17.5 Å². The number of anilines is 1. The third kappa shape index (κ3) is 5.99. The van der Waals surface area contributed by atoms with Gasteiger partial charge in [-0.05, 0) is 17.7 Å². The molecule has 5 aromatic rings. The maximum atomic E-state index is 13.1. The van der Waals surface area contributed by atoms with E-state index in [4.69, 9.17) is 4.98 Å². The zero-order chi connectivity index (χ0) is 24.7. The van der Waals surface area contributed by atoms with E-state index in [0.717, 1.165) is 21.6 Å². The fourth-order valence-corrected chi connectivity index (χ4v) is 4.95. The quantitative estimate of drug-likeness (QED) is 0.252. The van der Waals surface area contributed by atoms with Gasteiger partial charge in [0, 0.05) is 28.6 Å². The average molecular weight is 514 g/mol. The van der Waals surface area contributed by atoms with Crippen LogP contribution < -0.4 is 5.32 Å². The van der Waals surface area contributed by atoms with Crippen LogP contribution in [0, 0.1) is 5.82 Å². The molecular formula is C27H20FN5OS2. The van der Waals surface area contributed by atoms with Crippen molar-refractivity contribution in [2.75, 3.05) is 11.1 Å². The number of amides is 1. The van der Waals surface area contributed by atoms with E-state index in [0.29, 0.717) is 28.1 Å². The number of benzene rings is 3. The number of rotatable bonds is 8. The van der Waals surface area contributed by atoms with Crippen molar-refractivity contribution in [3.05, 3.63) is 107 Å². The summed E-state index contributed by atoms with van der Waals surface area (Å²) in [5, 5.41) is 12.5. The summed E-state index contributed by atoms with van der Waals surface area (Å²) in [6, 6.07) is 25.9. The number of thiazole rings is 1. The Bertz CT molecular complexity index is 1460. The summed E-state index contributed by atoms with van der Waals surface area (Å²) < 4.78 is 13.1. The summed E-state index contributed by atoms with van der Waals surface area (Å²) in [6.07, 6.45) is 2.34. The van der Waals surface area contributed by atoms with Gasteiger partial charge in [0.05, 0.1) is 5.75 Å². The van der Waals surface area contributed by atoms with Gasteiger partial charge in [-0.3, -0.25) is 4.79 Å². The lowest BCUT2D eigenvalue weighted by Crippen LogP contribution is -2.14. The number of carbonyl (C=O) groups excluding carboxylic acids is 1. The number of nitrogens with zero attached hydrogens (tertiary/aromatic N) is 4. The van der Waals surface area contributed by atoms with Crippen LogP contribution in [0.2, 0.25) is 0 Å². The molecule has 0 saturated carbocycles. The lowest BCUT2D eigenvalue weighted by molar-refractivity contribution is -0.113. The van der Waals surface area contributed by atoms with Gasteiger partial charge >= 0.3 is 0 Å². The second kappa shape index (κ2) is 11.2. The molecule has 1 amide bonds. The predicted octanol–water partition coefficient (Wildman–Crippen LogP) is 6.12. The Balaban J connectivity index is 1.25. The summed E-state index contributed by atoms with van der Waals surface area (Å²) in [6.45, 7) is 0. The van der Waals surface area contributed by atoms with Crippen molar-refractivity contribution in [3.8, 4) is 22.5 Å². The summed E-state index contributed by atoms with van der Waals surface area (Å²) in [7, 11) is 0. The molecule has 2 aromatic heterocycles. The number of aromatic nitrogens is 4. The van der Waals surface area contributed by atoms with Crippen LogP contribution in [0.3, 0.4) is 0 Å². The van der Waals surface area contributed by atoms with Crippen molar-refractivity contribution in [3.63, 3.8) is 0 Å². The maximum absolute atomic E-state index is 13.1. The topological polar surface area (TPSA) is 80.7 Å². The highest BCUT2D eigenvalue weighted by molar-refractivity contribution is 7.99. The molecule has 3 aromatic carbocycles. The zero-order valence-electron chi connectivity index (χ0n) is 19.0. The fourth-order valence-electron chi connectivity index (χ4n) is 3.50. The van der Waals surface area contributed by atoms with Gasteiger partial charge in [0.25, 0.3) is 0 Å². The number of thioether (sulfide) groups is 1. The molecule has 0 atom stereocenters. The summed E-state index contributed by atoms with van der Waals surface area (Å²) >= 11 is 2.61. The van der Waals surface area contributed by atoms with Gasteiger partial charge in [-0.25, -0.2) is 14.4 Å². The van der Waals surface area contributed by atoms with Gasteiger partial charge in [0.1, 0.15) is 17.2 Å². The Labute approximate surface area is 215 Å². The number of carbonyl (C=O) groups is 1. The van der Waals surface area contributed by atoms with Gasteiger partial charge < -0.3 is 5.32 Å². The van der Waals surface area contributed by atoms with Crippen LogP contribution in [0.4, 0.5) is 9.52 Å². The third-order valence-corrected chi connectivity index (χ3v) is 6.94. The number of hydrogen-bond acceptors (Lipinski definition) is 7. The first-order valence-electron chi connectivity index (χ1n) is 11.1. The standard InChI is InChI=1S/C27H20FN5OS2/c28-21-13-11-18(12-14-21)15-22-16-29-26(36-22)30-23(34)17-35-27-31-24(19-7-3-1-4-8-19)25(32-33-27)20-9-5-2-6-10-20/h1-14,16H,15,17H2,(H,29,30,34). The summed E-state index contributed by atoms with van der Waals surface area (Å²) in [5.41, 5.74) is 4.23. The normalized spacial score (nSPS) is 10.8. The van der Waals surface area contributed by atoms with Gasteiger partial charge in [0.2, 0.25) is 11.1 Å². The minimum Gasteiger partial charge on any atom is -0.301 e. The lowest BCUT2D eigenvalue weighted by Gasteiger charge is -2.09. The second-order valence-electron chi connectivity index (χ2n) is 7.80. The van der Waals surface area contributed by atoms with E-state index < -0.39 is 0 Å². The van der Waals surface area contributed by atoms with Gasteiger partial charge in [-0.15, -0.1) is 21.5 Å². The maximum Gasteiger partial charge on any atom is 0.236 e. The highest BCUT2D eigenvalue weighted by atomic mass is 32.2. The van der Waals surface area contributed by atoms with Crippen LogP contribution in [0.25, 0.3) is 22.5 Å². The van der Waals surface area contributed by atoms with Crippen LogP contribution in [0.1, 0.15) is 10.4 Å². The number of hydrogen-bond donors (Lipinski definition) is 1. The molecule has 1 N–H and O–H groups in total. The van der Waals surface area contributed by atoms with Crippen LogP contribution in [-0.4, -0.2) is 31.8 Å². The number of halogens is 1. The molecule has 0 saturated heterocycles. The van der Waals surface area contributed by atoms with Gasteiger partial charge in [-0.1, -0.05) is 84.6 Å². The van der Waals surface area contributed by atoms with E-state index >= 15 is 0 Å². The predicted molar refractivity (Wildman–Crippen MR) is 141 cm³/mol. The Hall–Kier alpha value is -3.95. The van der Waals surface area contributed by atoms with Crippen LogP contribution in [0.5, 0.6) is 0 Å². The van der Waals surface area contributed by atoms with Crippen molar-refractivity contribution >= 4 is 34.1 Å². The van der Waals surface area contributed by atoms with Crippen LogP contribution in [-0.2, 0) is 11.2 Å². The van der Waals surface area contributed by atoms with E-state index in [2.05, 4.69) is 20.5 Å². The van der Waals surface area contributed by atoms with E-state index in [1.807, 2.05) is 60.7 Å². The van der Waals surface area contributed by atoms with Crippen molar-refractivity contribution in [1.82, 2.24) is 20.2 Å². The van der Waals surface area contributed by atoms with Crippen LogP contribution >= 0.6 is 23.1 Å². The highest BCUT2D eigenvalue weighted by Crippen LogP contribution is 2.30. The van der Waals surface area contributed by atoms with Crippen LogP contribution in [0.15, 0.2) is 96.3 Å². The molecule has 5 rings (SSSR count). The smallest absolute Gasteiger partial charge is 0.236 e. The lowest BCUT2D eigenvalue weighted by atomic mass is 10.0. The Kier molecular flexibility index (Phi) is 7.39. The first-order valence-corrected chi connectivity index (χ1v) is 12.9. The van der Waals surface area contributed by atoms with E-state index in [1.165, 1.54) is 35.2 Å². The summed E-state index contributed by atoms with van der Waals surface area (Å²) in [4.78, 5) is 22.5. The Morgan fingerprint density at radius 3 is 2.22 bits per heavy atom. The third-order valence-electron chi connectivity index (χ3n) is 5.19. The largest absolute Gasteiger partial charge is 0.301 e. The molecule has 178 valence electrons. The molecule has 0 aliphatic heterocycles. The first-order chi connectivity index (χ1) is 17.6. The molecule has 0 aliphatic carbocycles. The molecule has 9 heteroatoms. The molecule has 0 fully saturated rings. The zero-order valence-corrected chi connectivity index (χ0v) is 20.6. The first kappa shape index (κ1) is 23.8. The van der Waals surface area contributed by atoms with Gasteiger partial charge in [0.15, 0.2) is 5.13 Å². The van der Waals surface area contributed by atoms with E-state index in [1.54, 1.807) is 18.3 Å². The second-order valence-corrected chi connectivity index (χ2v) is 9.85. The average Bonchev–Trinajstić information content (AvgIpc) is 3.36. The molecular weight excluding hydrogens is 493 g/mol. The van der Waals surface area contributed by atoms with Crippen molar-refractivity contribution < 1.29 is 9.18 Å². The molecule has 6 nitrogen and oxygen atoms in total. The molecule has 36 heavy (non-hydrogen) atoms.